The van der Waals surface area contributed by atoms with Gasteiger partial charge in [0.1, 0.15) is 5.82 Å². The summed E-state index contributed by atoms with van der Waals surface area (Å²) in [5.74, 6) is 2.04. The second-order valence-corrected chi connectivity index (χ2v) is 4.26. The monoisotopic (exact) mass is 254 g/mol. The van der Waals surface area contributed by atoms with Gasteiger partial charge in [0.15, 0.2) is 5.65 Å². The first-order valence-electron chi connectivity index (χ1n) is 5.68. The zero-order chi connectivity index (χ0) is 12.1. The second-order valence-electron chi connectivity index (χ2n) is 3.88. The number of hydrogen-bond acceptors (Lipinski definition) is 5. The Morgan fingerprint density at radius 1 is 1.47 bits per heavy atom. The Bertz CT molecular complexity index is 471. The molecule has 1 atom stereocenters. The number of anilines is 1. The van der Waals surface area contributed by atoms with Crippen LogP contribution in [-0.4, -0.2) is 37.7 Å². The van der Waals surface area contributed by atoms with Gasteiger partial charge in [0.25, 0.3) is 0 Å². The van der Waals surface area contributed by atoms with E-state index in [2.05, 4.69) is 32.9 Å². The molecule has 0 amide bonds. The van der Waals surface area contributed by atoms with E-state index < -0.39 is 0 Å². The third-order valence-electron chi connectivity index (χ3n) is 2.74. The Balaban J connectivity index is 1.97. The summed E-state index contributed by atoms with van der Waals surface area (Å²) in [5.41, 5.74) is 0.642. The molecule has 1 unspecified atom stereocenters. The minimum Gasteiger partial charge on any atom is -0.368 e. The number of rotatable bonds is 6. The van der Waals surface area contributed by atoms with Crippen molar-refractivity contribution in [2.75, 3.05) is 17.7 Å². The number of hydrogen-bond donors (Lipinski definition) is 1. The number of fused-ring (bicyclic) bond motifs is 1. The molecular formula is C10H15ClN6. The fourth-order valence-corrected chi connectivity index (χ4v) is 1.91. The van der Waals surface area contributed by atoms with Crippen LogP contribution >= 0.6 is 11.6 Å². The number of tetrazole rings is 1. The van der Waals surface area contributed by atoms with Crippen LogP contribution in [0.2, 0.25) is 0 Å². The van der Waals surface area contributed by atoms with Crippen LogP contribution in [0.1, 0.15) is 19.8 Å². The third-order valence-corrected chi connectivity index (χ3v) is 2.95. The predicted molar refractivity (Wildman–Crippen MR) is 66.2 cm³/mol. The van der Waals surface area contributed by atoms with Gasteiger partial charge in [-0.2, -0.15) is 0 Å². The molecule has 0 spiro atoms. The molecule has 0 fully saturated rings. The van der Waals surface area contributed by atoms with E-state index in [1.165, 1.54) is 4.63 Å². The van der Waals surface area contributed by atoms with Crippen LogP contribution in [0.5, 0.6) is 0 Å². The fraction of sp³-hybridized carbons (Fsp3) is 0.600. The first-order chi connectivity index (χ1) is 8.33. The highest BCUT2D eigenvalue weighted by atomic mass is 35.5. The van der Waals surface area contributed by atoms with Gasteiger partial charge in [0.2, 0.25) is 0 Å². The van der Waals surface area contributed by atoms with Gasteiger partial charge in [-0.1, -0.05) is 13.3 Å². The average molecular weight is 255 g/mol. The van der Waals surface area contributed by atoms with Crippen molar-refractivity contribution < 1.29 is 0 Å². The van der Waals surface area contributed by atoms with Crippen molar-refractivity contribution >= 4 is 23.1 Å². The van der Waals surface area contributed by atoms with Crippen molar-refractivity contribution in [1.82, 2.24) is 25.3 Å². The summed E-state index contributed by atoms with van der Waals surface area (Å²) in [6.07, 6.45) is 2.12. The van der Waals surface area contributed by atoms with Crippen LogP contribution in [0, 0.1) is 5.92 Å². The molecule has 0 saturated carbocycles. The normalized spacial score (nSPS) is 12.8. The van der Waals surface area contributed by atoms with Gasteiger partial charge in [-0.25, -0.2) is 0 Å². The maximum Gasteiger partial charge on any atom is 0.200 e. The molecule has 92 valence electrons. The number of alkyl halides is 1. The molecule has 2 aromatic rings. The Kier molecular flexibility index (Phi) is 4.08. The summed E-state index contributed by atoms with van der Waals surface area (Å²) in [5, 5.41) is 18.6. The van der Waals surface area contributed by atoms with E-state index in [0.29, 0.717) is 17.4 Å². The smallest absolute Gasteiger partial charge is 0.200 e. The lowest BCUT2D eigenvalue weighted by Crippen LogP contribution is -2.15. The summed E-state index contributed by atoms with van der Waals surface area (Å²) < 4.78 is 1.41. The Morgan fingerprint density at radius 3 is 3.12 bits per heavy atom. The van der Waals surface area contributed by atoms with E-state index in [0.717, 1.165) is 25.2 Å². The molecule has 0 aliphatic heterocycles. The Morgan fingerprint density at radius 2 is 2.35 bits per heavy atom. The standard InChI is InChI=1S/C10H15ClN6/c1-2-8(5-6-11)7-12-9-3-4-10-13-15-16-17(10)14-9/h3-4,8H,2,5-7H2,1H3,(H,12,14). The van der Waals surface area contributed by atoms with Crippen molar-refractivity contribution in [3.63, 3.8) is 0 Å². The predicted octanol–water partition coefficient (Wildman–Crippen LogP) is 1.59. The molecule has 0 bridgehead atoms. The summed E-state index contributed by atoms with van der Waals surface area (Å²) >= 11 is 5.75. The zero-order valence-electron chi connectivity index (χ0n) is 9.67. The minimum absolute atomic E-state index is 0.568. The van der Waals surface area contributed by atoms with Crippen molar-refractivity contribution in [3.8, 4) is 0 Å². The topological polar surface area (TPSA) is 68.0 Å². The first-order valence-corrected chi connectivity index (χ1v) is 6.22. The number of aromatic nitrogens is 5. The van der Waals surface area contributed by atoms with Gasteiger partial charge in [0, 0.05) is 12.4 Å². The van der Waals surface area contributed by atoms with Gasteiger partial charge in [-0.05, 0) is 34.9 Å². The third kappa shape index (κ3) is 3.03. The SMILES string of the molecule is CCC(CCCl)CNc1ccc2nnnn2n1. The quantitative estimate of drug-likeness (QED) is 0.793. The lowest BCUT2D eigenvalue weighted by Gasteiger charge is -2.14. The van der Waals surface area contributed by atoms with Crippen LogP contribution in [0.4, 0.5) is 5.82 Å². The summed E-state index contributed by atoms with van der Waals surface area (Å²) in [6.45, 7) is 3.03. The first kappa shape index (κ1) is 12.0. The molecule has 2 heterocycles. The van der Waals surface area contributed by atoms with Crippen molar-refractivity contribution in [3.05, 3.63) is 12.1 Å². The maximum atomic E-state index is 5.75. The second kappa shape index (κ2) is 5.77. The van der Waals surface area contributed by atoms with Gasteiger partial charge in [-0.15, -0.1) is 26.4 Å². The molecule has 0 aliphatic carbocycles. The van der Waals surface area contributed by atoms with Crippen molar-refractivity contribution in [1.29, 1.82) is 0 Å². The fourth-order valence-electron chi connectivity index (χ4n) is 1.60. The molecular weight excluding hydrogens is 240 g/mol. The van der Waals surface area contributed by atoms with E-state index in [-0.39, 0.29) is 0 Å². The van der Waals surface area contributed by atoms with Crippen LogP contribution in [0.3, 0.4) is 0 Å². The van der Waals surface area contributed by atoms with Crippen LogP contribution in [-0.2, 0) is 0 Å². The number of nitrogens with zero attached hydrogens (tertiary/aromatic N) is 5. The van der Waals surface area contributed by atoms with E-state index in [4.69, 9.17) is 11.6 Å². The summed E-state index contributed by atoms with van der Waals surface area (Å²) in [7, 11) is 0. The van der Waals surface area contributed by atoms with Crippen molar-refractivity contribution in [2.45, 2.75) is 19.8 Å². The highest BCUT2D eigenvalue weighted by Gasteiger charge is 2.06. The van der Waals surface area contributed by atoms with Crippen LogP contribution in [0.15, 0.2) is 12.1 Å². The highest BCUT2D eigenvalue weighted by molar-refractivity contribution is 6.17. The molecule has 6 nitrogen and oxygen atoms in total. The molecule has 0 aliphatic rings. The molecule has 0 radical (unpaired) electrons. The summed E-state index contributed by atoms with van der Waals surface area (Å²) in [4.78, 5) is 0. The van der Waals surface area contributed by atoms with Crippen molar-refractivity contribution in [2.24, 2.45) is 5.92 Å². The molecule has 1 N–H and O–H groups in total. The maximum absolute atomic E-state index is 5.75. The molecule has 0 saturated heterocycles. The van der Waals surface area contributed by atoms with Crippen LogP contribution in [0.25, 0.3) is 5.65 Å². The highest BCUT2D eigenvalue weighted by Crippen LogP contribution is 2.11. The van der Waals surface area contributed by atoms with E-state index >= 15 is 0 Å². The van der Waals surface area contributed by atoms with E-state index in [1.807, 2.05) is 12.1 Å². The average Bonchev–Trinajstić information content (AvgIpc) is 2.81. The van der Waals surface area contributed by atoms with Crippen LogP contribution < -0.4 is 5.32 Å². The van der Waals surface area contributed by atoms with Gasteiger partial charge in [-0.3, -0.25) is 0 Å². The minimum atomic E-state index is 0.568. The Hall–Kier alpha value is -1.43. The zero-order valence-corrected chi connectivity index (χ0v) is 10.4. The molecule has 17 heavy (non-hydrogen) atoms. The number of nitrogens with one attached hydrogen (secondary N) is 1. The van der Waals surface area contributed by atoms with Gasteiger partial charge >= 0.3 is 0 Å². The van der Waals surface area contributed by atoms with E-state index in [9.17, 15) is 0 Å². The summed E-state index contributed by atoms with van der Waals surface area (Å²) in [6, 6.07) is 3.71. The number of halogens is 1. The molecule has 2 rings (SSSR count). The lowest BCUT2D eigenvalue weighted by molar-refractivity contribution is 0.520. The molecule has 0 aromatic carbocycles. The largest absolute Gasteiger partial charge is 0.368 e. The van der Waals surface area contributed by atoms with E-state index in [1.54, 1.807) is 0 Å². The lowest BCUT2D eigenvalue weighted by atomic mass is 10.0. The molecule has 2 aromatic heterocycles. The van der Waals surface area contributed by atoms with Gasteiger partial charge in [0.05, 0.1) is 0 Å². The Labute approximate surface area is 104 Å². The molecule has 7 heteroatoms. The van der Waals surface area contributed by atoms with Gasteiger partial charge < -0.3 is 5.32 Å².